The van der Waals surface area contributed by atoms with Crippen LogP contribution in [0.5, 0.6) is 11.5 Å². The van der Waals surface area contributed by atoms with Crippen molar-refractivity contribution in [3.63, 3.8) is 0 Å². The fourth-order valence-corrected chi connectivity index (χ4v) is 3.54. The van der Waals surface area contributed by atoms with E-state index in [2.05, 4.69) is 30.4 Å². The van der Waals surface area contributed by atoms with E-state index < -0.39 is 0 Å². The minimum Gasteiger partial charge on any atom is -0.493 e. The Morgan fingerprint density at radius 3 is 2.60 bits per heavy atom. The predicted octanol–water partition coefficient (Wildman–Crippen LogP) is 2.22. The second kappa shape index (κ2) is 11.6. The van der Waals surface area contributed by atoms with E-state index in [0.29, 0.717) is 30.2 Å². The molecule has 2 aromatic rings. The molecule has 1 amide bonds. The maximum absolute atomic E-state index is 12.7. The molecule has 1 aliphatic rings. The average molecular weight is 414 g/mol. The van der Waals surface area contributed by atoms with Crippen molar-refractivity contribution in [3.8, 4) is 11.5 Å². The molecule has 30 heavy (non-hydrogen) atoms. The highest BCUT2D eigenvalue weighted by molar-refractivity contribution is 5.94. The van der Waals surface area contributed by atoms with Crippen molar-refractivity contribution in [2.24, 2.45) is 0 Å². The van der Waals surface area contributed by atoms with Gasteiger partial charge in [-0.1, -0.05) is 37.6 Å². The zero-order valence-electron chi connectivity index (χ0n) is 18.0. The van der Waals surface area contributed by atoms with Crippen LogP contribution in [0.15, 0.2) is 42.5 Å². The molecule has 1 heterocycles. The van der Waals surface area contributed by atoms with Crippen LogP contribution < -0.4 is 19.7 Å². The number of amides is 1. The molecule has 162 valence electrons. The largest absolute Gasteiger partial charge is 0.493 e. The second-order valence-electron chi connectivity index (χ2n) is 7.56. The summed E-state index contributed by atoms with van der Waals surface area (Å²) in [5.41, 5.74) is 2.98. The van der Waals surface area contributed by atoms with Crippen molar-refractivity contribution in [1.82, 2.24) is 5.32 Å². The summed E-state index contributed by atoms with van der Waals surface area (Å²) in [7, 11) is 1.59. The third-order valence-corrected chi connectivity index (χ3v) is 5.38. The van der Waals surface area contributed by atoms with Crippen LogP contribution in [0.25, 0.3) is 0 Å². The van der Waals surface area contributed by atoms with Gasteiger partial charge >= 0.3 is 0 Å². The standard InChI is InChI=1S/C24H32N2O4/c1-3-4-13-30-22-10-9-19(16-23(22)28-2)24(27)25-17-20-7-5-6-8-21(20)18-26-11-14-29-15-12-26/h5-10,16H,3-4,11-15,17-18H2,1-2H3,(H,25,27)/p+1. The predicted molar refractivity (Wildman–Crippen MR) is 116 cm³/mol. The van der Waals surface area contributed by atoms with Crippen molar-refractivity contribution in [1.29, 1.82) is 0 Å². The number of carbonyl (C=O) groups excluding carboxylic acids is 1. The molecule has 1 saturated heterocycles. The molecular formula is C24H33N2O4+. The number of hydrogen-bond acceptors (Lipinski definition) is 4. The Labute approximate surface area is 179 Å². The highest BCUT2D eigenvalue weighted by Gasteiger charge is 2.17. The van der Waals surface area contributed by atoms with Crippen LogP contribution in [0.2, 0.25) is 0 Å². The highest BCUT2D eigenvalue weighted by Crippen LogP contribution is 2.28. The Morgan fingerprint density at radius 2 is 1.87 bits per heavy atom. The number of hydrogen-bond donors (Lipinski definition) is 2. The minimum atomic E-state index is -0.123. The number of nitrogens with one attached hydrogen (secondary N) is 2. The zero-order valence-corrected chi connectivity index (χ0v) is 18.0. The van der Waals surface area contributed by atoms with Gasteiger partial charge in [-0.2, -0.15) is 0 Å². The van der Waals surface area contributed by atoms with Gasteiger partial charge in [-0.3, -0.25) is 4.79 Å². The number of carbonyl (C=O) groups is 1. The maximum atomic E-state index is 12.7. The maximum Gasteiger partial charge on any atom is 0.251 e. The van der Waals surface area contributed by atoms with Gasteiger partial charge in [-0.15, -0.1) is 0 Å². The summed E-state index contributed by atoms with van der Waals surface area (Å²) in [6, 6.07) is 13.6. The lowest BCUT2D eigenvalue weighted by Crippen LogP contribution is -3.12. The molecular weight excluding hydrogens is 380 g/mol. The average Bonchev–Trinajstić information content (AvgIpc) is 2.79. The molecule has 0 atom stereocenters. The molecule has 0 aliphatic carbocycles. The quantitative estimate of drug-likeness (QED) is 0.587. The van der Waals surface area contributed by atoms with E-state index in [0.717, 1.165) is 51.3 Å². The first-order valence-corrected chi connectivity index (χ1v) is 10.8. The van der Waals surface area contributed by atoms with E-state index in [-0.39, 0.29) is 5.91 Å². The molecule has 1 aliphatic heterocycles. The summed E-state index contributed by atoms with van der Waals surface area (Å²) in [6.07, 6.45) is 2.05. The lowest BCUT2D eigenvalue weighted by molar-refractivity contribution is -0.921. The van der Waals surface area contributed by atoms with Crippen molar-refractivity contribution in [3.05, 3.63) is 59.2 Å². The number of ether oxygens (including phenoxy) is 3. The van der Waals surface area contributed by atoms with E-state index in [4.69, 9.17) is 14.2 Å². The van der Waals surface area contributed by atoms with E-state index >= 15 is 0 Å². The summed E-state index contributed by atoms with van der Waals surface area (Å²) in [4.78, 5) is 14.2. The summed E-state index contributed by atoms with van der Waals surface area (Å²) in [5, 5.41) is 3.05. The molecule has 3 rings (SSSR count). The van der Waals surface area contributed by atoms with E-state index in [9.17, 15) is 4.79 Å². The summed E-state index contributed by atoms with van der Waals surface area (Å²) >= 11 is 0. The third-order valence-electron chi connectivity index (χ3n) is 5.38. The Kier molecular flexibility index (Phi) is 8.53. The minimum absolute atomic E-state index is 0.123. The van der Waals surface area contributed by atoms with Crippen LogP contribution in [0, 0.1) is 0 Å². The highest BCUT2D eigenvalue weighted by atomic mass is 16.5. The molecule has 2 aromatic carbocycles. The zero-order chi connectivity index (χ0) is 21.2. The number of quaternary nitrogens is 1. The second-order valence-corrected chi connectivity index (χ2v) is 7.56. The molecule has 0 aromatic heterocycles. The van der Waals surface area contributed by atoms with Gasteiger partial charge in [0, 0.05) is 17.7 Å². The Hall–Kier alpha value is -2.57. The smallest absolute Gasteiger partial charge is 0.251 e. The number of benzene rings is 2. The first kappa shape index (κ1) is 22.1. The van der Waals surface area contributed by atoms with Gasteiger partial charge in [-0.05, 0) is 30.2 Å². The van der Waals surface area contributed by atoms with Crippen LogP contribution in [-0.2, 0) is 17.8 Å². The fourth-order valence-electron chi connectivity index (χ4n) is 3.54. The molecule has 0 bridgehead atoms. The molecule has 6 nitrogen and oxygen atoms in total. The molecule has 0 unspecified atom stereocenters. The van der Waals surface area contributed by atoms with Crippen LogP contribution >= 0.6 is 0 Å². The van der Waals surface area contributed by atoms with Gasteiger partial charge in [0.15, 0.2) is 11.5 Å². The first-order valence-electron chi connectivity index (χ1n) is 10.8. The third kappa shape index (κ3) is 6.21. The van der Waals surface area contributed by atoms with Crippen LogP contribution in [0.1, 0.15) is 41.3 Å². The molecule has 6 heteroatoms. The summed E-state index contributed by atoms with van der Waals surface area (Å²) in [6.45, 7) is 7.88. The van der Waals surface area contributed by atoms with E-state index in [1.807, 2.05) is 6.07 Å². The van der Waals surface area contributed by atoms with Gasteiger partial charge in [-0.25, -0.2) is 0 Å². The van der Waals surface area contributed by atoms with Crippen molar-refractivity contribution >= 4 is 5.91 Å². The van der Waals surface area contributed by atoms with Gasteiger partial charge in [0.2, 0.25) is 0 Å². The lowest BCUT2D eigenvalue weighted by atomic mass is 10.1. The van der Waals surface area contributed by atoms with Gasteiger partial charge in [0.25, 0.3) is 5.91 Å². The number of rotatable bonds is 10. The molecule has 0 spiro atoms. The Morgan fingerprint density at radius 1 is 1.10 bits per heavy atom. The Bertz CT molecular complexity index is 819. The van der Waals surface area contributed by atoms with Crippen molar-refractivity contribution in [2.75, 3.05) is 40.0 Å². The lowest BCUT2D eigenvalue weighted by Gasteiger charge is -2.24. The first-order chi connectivity index (χ1) is 14.7. The summed E-state index contributed by atoms with van der Waals surface area (Å²) < 4.78 is 16.6. The van der Waals surface area contributed by atoms with Gasteiger partial charge in [0.05, 0.1) is 26.9 Å². The van der Waals surface area contributed by atoms with Crippen molar-refractivity contribution < 1.29 is 23.9 Å². The van der Waals surface area contributed by atoms with Crippen molar-refractivity contribution in [2.45, 2.75) is 32.9 Å². The molecule has 2 N–H and O–H groups in total. The van der Waals surface area contributed by atoms with Crippen LogP contribution in [-0.4, -0.2) is 45.9 Å². The van der Waals surface area contributed by atoms with Gasteiger partial charge < -0.3 is 24.4 Å². The SMILES string of the molecule is CCCCOc1ccc(C(=O)NCc2ccccc2C[NH+]2CCOCC2)cc1OC. The monoisotopic (exact) mass is 413 g/mol. The number of unbranched alkanes of at least 4 members (excludes halogenated alkanes) is 1. The number of morpholine rings is 1. The molecule has 0 radical (unpaired) electrons. The molecule has 0 saturated carbocycles. The van der Waals surface area contributed by atoms with Crippen LogP contribution in [0.4, 0.5) is 0 Å². The Balaban J connectivity index is 1.61. The molecule has 1 fully saturated rings. The normalized spacial score (nSPS) is 14.3. The van der Waals surface area contributed by atoms with E-state index in [1.54, 1.807) is 25.3 Å². The van der Waals surface area contributed by atoms with E-state index in [1.165, 1.54) is 10.5 Å². The summed E-state index contributed by atoms with van der Waals surface area (Å²) in [5.74, 6) is 1.12. The van der Waals surface area contributed by atoms with Gasteiger partial charge in [0.1, 0.15) is 19.6 Å². The van der Waals surface area contributed by atoms with Crippen LogP contribution in [0.3, 0.4) is 0 Å². The fraction of sp³-hybridized carbons (Fsp3) is 0.458. The number of methoxy groups -OCH3 is 1. The topological polar surface area (TPSA) is 61.2 Å².